The van der Waals surface area contributed by atoms with Crippen LogP contribution in [0.2, 0.25) is 0 Å². The van der Waals surface area contributed by atoms with Gasteiger partial charge in [-0.1, -0.05) is 6.92 Å². The zero-order valence-electron chi connectivity index (χ0n) is 13.0. The van der Waals surface area contributed by atoms with E-state index < -0.39 is 0 Å². The zero-order valence-corrected chi connectivity index (χ0v) is 14.6. The lowest BCUT2D eigenvalue weighted by Crippen LogP contribution is -2.44. The first kappa shape index (κ1) is 15.9. The van der Waals surface area contributed by atoms with Crippen LogP contribution >= 0.6 is 23.1 Å². The molecule has 3 rings (SSSR count). The first-order chi connectivity index (χ1) is 10.6. The molecule has 2 atom stereocenters. The van der Waals surface area contributed by atoms with Crippen LogP contribution in [0, 0.1) is 5.92 Å². The summed E-state index contributed by atoms with van der Waals surface area (Å²) >= 11 is 3.22. The standard InChI is InChI=1S/C16H21NO3S2/c1-10-3-4-12-11(7-10)8-13(22-12)15(18)17-5-6-21-14(9-17)16(19)20-2/h8,10,14H,3-7,9H2,1-2H3/t10-,14+/m0/s1. The van der Waals surface area contributed by atoms with E-state index in [1.165, 1.54) is 24.0 Å². The van der Waals surface area contributed by atoms with Gasteiger partial charge in [-0.25, -0.2) is 0 Å². The van der Waals surface area contributed by atoms with Crippen molar-refractivity contribution in [1.29, 1.82) is 0 Å². The van der Waals surface area contributed by atoms with Crippen LogP contribution in [-0.2, 0) is 22.4 Å². The van der Waals surface area contributed by atoms with Gasteiger partial charge in [0.1, 0.15) is 5.25 Å². The molecular weight excluding hydrogens is 318 g/mol. The SMILES string of the molecule is COC(=O)[C@H]1CN(C(=O)c2cc3c(s2)CC[C@H](C)C3)CCS1. The summed E-state index contributed by atoms with van der Waals surface area (Å²) in [5, 5.41) is -0.252. The van der Waals surface area contributed by atoms with Crippen LogP contribution in [0.1, 0.15) is 33.5 Å². The number of ether oxygens (including phenoxy) is 1. The summed E-state index contributed by atoms with van der Waals surface area (Å²) < 4.78 is 4.81. The molecule has 0 saturated carbocycles. The normalized spacial score (nSPS) is 24.7. The highest BCUT2D eigenvalue weighted by Crippen LogP contribution is 2.33. The molecule has 2 aliphatic rings. The molecule has 0 bridgehead atoms. The summed E-state index contributed by atoms with van der Waals surface area (Å²) in [4.78, 5) is 28.4. The molecule has 1 aliphatic heterocycles. The van der Waals surface area contributed by atoms with E-state index >= 15 is 0 Å². The van der Waals surface area contributed by atoms with E-state index in [0.717, 1.165) is 23.5 Å². The third-order valence-corrected chi connectivity index (χ3v) is 6.74. The van der Waals surface area contributed by atoms with Crippen molar-refractivity contribution in [2.75, 3.05) is 26.0 Å². The number of methoxy groups -OCH3 is 1. The second kappa shape index (κ2) is 6.62. The van der Waals surface area contributed by atoms with Crippen LogP contribution in [-0.4, -0.2) is 48.0 Å². The van der Waals surface area contributed by atoms with E-state index in [1.54, 1.807) is 28.0 Å². The third-order valence-electron chi connectivity index (χ3n) is 4.36. The molecule has 1 aromatic rings. The Labute approximate surface area is 139 Å². The van der Waals surface area contributed by atoms with E-state index in [-0.39, 0.29) is 17.1 Å². The Morgan fingerprint density at radius 2 is 2.23 bits per heavy atom. The monoisotopic (exact) mass is 339 g/mol. The molecule has 120 valence electrons. The Kier molecular flexibility index (Phi) is 4.78. The molecule has 6 heteroatoms. The molecular formula is C16H21NO3S2. The van der Waals surface area contributed by atoms with Crippen molar-refractivity contribution < 1.29 is 14.3 Å². The summed E-state index contributed by atoms with van der Waals surface area (Å²) in [5.41, 5.74) is 1.35. The average Bonchev–Trinajstić information content (AvgIpc) is 2.96. The topological polar surface area (TPSA) is 46.6 Å². The van der Waals surface area contributed by atoms with Gasteiger partial charge in [0.2, 0.25) is 0 Å². The minimum Gasteiger partial charge on any atom is -0.468 e. The van der Waals surface area contributed by atoms with Crippen LogP contribution < -0.4 is 0 Å². The number of aryl methyl sites for hydroxylation is 1. The number of fused-ring (bicyclic) bond motifs is 1. The van der Waals surface area contributed by atoms with Crippen LogP contribution in [0.5, 0.6) is 0 Å². The molecule has 1 amide bonds. The smallest absolute Gasteiger partial charge is 0.320 e. The molecule has 0 spiro atoms. The van der Waals surface area contributed by atoms with Crippen molar-refractivity contribution >= 4 is 35.0 Å². The van der Waals surface area contributed by atoms with Gasteiger partial charge < -0.3 is 9.64 Å². The van der Waals surface area contributed by atoms with E-state index in [9.17, 15) is 9.59 Å². The first-order valence-electron chi connectivity index (χ1n) is 7.68. The van der Waals surface area contributed by atoms with E-state index in [2.05, 4.69) is 13.0 Å². The van der Waals surface area contributed by atoms with Gasteiger partial charge in [0, 0.05) is 23.7 Å². The lowest BCUT2D eigenvalue weighted by atomic mass is 9.90. The van der Waals surface area contributed by atoms with E-state index in [4.69, 9.17) is 4.74 Å². The lowest BCUT2D eigenvalue weighted by molar-refractivity contribution is -0.140. The molecule has 1 aromatic heterocycles. The highest BCUT2D eigenvalue weighted by atomic mass is 32.2. The van der Waals surface area contributed by atoms with Gasteiger partial charge in [-0.3, -0.25) is 9.59 Å². The van der Waals surface area contributed by atoms with E-state index in [0.29, 0.717) is 19.0 Å². The van der Waals surface area contributed by atoms with Gasteiger partial charge in [-0.05, 0) is 36.8 Å². The first-order valence-corrected chi connectivity index (χ1v) is 9.55. The van der Waals surface area contributed by atoms with E-state index in [1.807, 2.05) is 0 Å². The van der Waals surface area contributed by atoms with Gasteiger partial charge in [0.25, 0.3) is 5.91 Å². The predicted octanol–water partition coefficient (Wildman–Crippen LogP) is 2.60. The fraction of sp³-hybridized carbons (Fsp3) is 0.625. The summed E-state index contributed by atoms with van der Waals surface area (Å²) in [6.07, 6.45) is 3.39. The van der Waals surface area contributed by atoms with Crippen LogP contribution in [0.25, 0.3) is 0 Å². The Morgan fingerprint density at radius 3 is 3.00 bits per heavy atom. The summed E-state index contributed by atoms with van der Waals surface area (Å²) in [7, 11) is 1.40. The zero-order chi connectivity index (χ0) is 15.7. The Balaban J connectivity index is 1.72. The number of carbonyl (C=O) groups is 2. The van der Waals surface area contributed by atoms with Gasteiger partial charge in [-0.15, -0.1) is 23.1 Å². The van der Waals surface area contributed by atoms with Gasteiger partial charge >= 0.3 is 5.97 Å². The van der Waals surface area contributed by atoms with Crippen molar-refractivity contribution in [3.63, 3.8) is 0 Å². The maximum atomic E-state index is 12.7. The number of amides is 1. The van der Waals surface area contributed by atoms with Gasteiger partial charge in [0.15, 0.2) is 0 Å². The molecule has 1 fully saturated rings. The number of thioether (sulfide) groups is 1. The highest BCUT2D eigenvalue weighted by Gasteiger charge is 2.31. The Bertz CT molecular complexity index is 584. The number of hydrogen-bond donors (Lipinski definition) is 0. The fourth-order valence-corrected chi connectivity index (χ4v) is 5.38. The minimum absolute atomic E-state index is 0.0706. The van der Waals surface area contributed by atoms with Crippen molar-refractivity contribution in [1.82, 2.24) is 4.90 Å². The molecule has 2 heterocycles. The number of carbonyl (C=O) groups excluding carboxylic acids is 2. The Hall–Kier alpha value is -1.01. The van der Waals surface area contributed by atoms with Gasteiger partial charge in [-0.2, -0.15) is 0 Å². The molecule has 0 N–H and O–H groups in total. The van der Waals surface area contributed by atoms with Crippen molar-refractivity contribution in [2.24, 2.45) is 5.92 Å². The van der Waals surface area contributed by atoms with Crippen molar-refractivity contribution in [3.05, 3.63) is 21.4 Å². The Morgan fingerprint density at radius 1 is 1.41 bits per heavy atom. The molecule has 0 unspecified atom stereocenters. The third kappa shape index (κ3) is 3.18. The summed E-state index contributed by atoms with van der Waals surface area (Å²) in [5.74, 6) is 1.33. The lowest BCUT2D eigenvalue weighted by Gasteiger charge is -2.30. The van der Waals surface area contributed by atoms with Crippen LogP contribution in [0.3, 0.4) is 0 Å². The summed E-state index contributed by atoms with van der Waals surface area (Å²) in [6.45, 7) is 3.43. The minimum atomic E-state index is -0.252. The van der Waals surface area contributed by atoms with Crippen LogP contribution in [0.4, 0.5) is 0 Å². The number of hydrogen-bond acceptors (Lipinski definition) is 5. The average molecular weight is 339 g/mol. The largest absolute Gasteiger partial charge is 0.468 e. The molecule has 1 saturated heterocycles. The molecule has 0 radical (unpaired) electrons. The predicted molar refractivity (Wildman–Crippen MR) is 89.7 cm³/mol. The summed E-state index contributed by atoms with van der Waals surface area (Å²) in [6, 6.07) is 2.08. The van der Waals surface area contributed by atoms with Crippen LogP contribution in [0.15, 0.2) is 6.07 Å². The number of nitrogens with zero attached hydrogens (tertiary/aromatic N) is 1. The highest BCUT2D eigenvalue weighted by molar-refractivity contribution is 8.00. The van der Waals surface area contributed by atoms with Crippen molar-refractivity contribution in [2.45, 2.75) is 31.4 Å². The molecule has 4 nitrogen and oxygen atoms in total. The van der Waals surface area contributed by atoms with Crippen molar-refractivity contribution in [3.8, 4) is 0 Å². The number of thiophene rings is 1. The van der Waals surface area contributed by atoms with Gasteiger partial charge in [0.05, 0.1) is 12.0 Å². The molecule has 1 aliphatic carbocycles. The molecule has 22 heavy (non-hydrogen) atoms. The second-order valence-corrected chi connectivity index (χ2v) is 8.49. The quantitative estimate of drug-likeness (QED) is 0.777. The maximum Gasteiger partial charge on any atom is 0.320 e. The maximum absolute atomic E-state index is 12.7. The number of rotatable bonds is 2. The molecule has 0 aromatic carbocycles. The fourth-order valence-electron chi connectivity index (χ4n) is 3.07. The second-order valence-electron chi connectivity index (χ2n) is 6.04. The number of esters is 1.